The van der Waals surface area contributed by atoms with Crippen molar-refractivity contribution in [2.45, 2.75) is 25.5 Å². The number of anilines is 1. The fourth-order valence-electron chi connectivity index (χ4n) is 3.88. The molecule has 0 radical (unpaired) electrons. The SMILES string of the molecule is CN(C)c1ccc(CN(C[C@@H]2CCCO2)C(=O)c2ccc(-n3cncn3)c([N+](=O)[O-])c2)cc1. The van der Waals surface area contributed by atoms with Crippen LogP contribution in [-0.2, 0) is 11.3 Å². The van der Waals surface area contributed by atoms with Crippen LogP contribution in [0.3, 0.4) is 0 Å². The average molecular weight is 450 g/mol. The zero-order valence-electron chi connectivity index (χ0n) is 18.6. The van der Waals surface area contributed by atoms with E-state index in [1.807, 2.05) is 43.3 Å². The van der Waals surface area contributed by atoms with Crippen molar-refractivity contribution in [3.05, 3.63) is 76.4 Å². The van der Waals surface area contributed by atoms with E-state index in [1.165, 1.54) is 29.5 Å². The smallest absolute Gasteiger partial charge is 0.295 e. The molecule has 1 saturated heterocycles. The van der Waals surface area contributed by atoms with Crippen LogP contribution in [0.25, 0.3) is 5.69 Å². The van der Waals surface area contributed by atoms with Gasteiger partial charge in [0.15, 0.2) is 0 Å². The maximum Gasteiger partial charge on any atom is 0.295 e. The second-order valence-electron chi connectivity index (χ2n) is 8.18. The van der Waals surface area contributed by atoms with Crippen molar-refractivity contribution in [1.29, 1.82) is 0 Å². The summed E-state index contributed by atoms with van der Waals surface area (Å²) in [6, 6.07) is 12.4. The number of aromatic nitrogens is 3. The Kier molecular flexibility index (Phi) is 6.64. The van der Waals surface area contributed by atoms with Gasteiger partial charge in [-0.1, -0.05) is 12.1 Å². The Labute approximate surface area is 191 Å². The number of hydrogen-bond acceptors (Lipinski definition) is 7. The minimum atomic E-state index is -0.516. The highest BCUT2D eigenvalue weighted by Crippen LogP contribution is 2.25. The van der Waals surface area contributed by atoms with Crippen molar-refractivity contribution in [3.63, 3.8) is 0 Å². The Balaban J connectivity index is 1.62. The lowest BCUT2D eigenvalue weighted by Gasteiger charge is -2.26. The van der Waals surface area contributed by atoms with Crippen molar-refractivity contribution >= 4 is 17.3 Å². The van der Waals surface area contributed by atoms with Crippen LogP contribution in [0, 0.1) is 10.1 Å². The van der Waals surface area contributed by atoms with Crippen molar-refractivity contribution in [2.75, 3.05) is 32.1 Å². The highest BCUT2D eigenvalue weighted by Gasteiger charge is 2.26. The predicted molar refractivity (Wildman–Crippen MR) is 122 cm³/mol. The molecule has 3 aromatic rings. The van der Waals surface area contributed by atoms with Gasteiger partial charge in [0.25, 0.3) is 11.6 Å². The Morgan fingerprint density at radius 2 is 2.03 bits per heavy atom. The van der Waals surface area contributed by atoms with Gasteiger partial charge in [-0.2, -0.15) is 5.10 Å². The molecule has 4 rings (SSSR count). The molecule has 2 aromatic carbocycles. The quantitative estimate of drug-likeness (QED) is 0.383. The fraction of sp³-hybridized carbons (Fsp3) is 0.348. The third-order valence-corrected chi connectivity index (χ3v) is 5.65. The molecule has 2 heterocycles. The topological polar surface area (TPSA) is 107 Å². The van der Waals surface area contributed by atoms with Crippen molar-refractivity contribution in [1.82, 2.24) is 19.7 Å². The molecular formula is C23H26N6O4. The van der Waals surface area contributed by atoms with E-state index >= 15 is 0 Å². The lowest BCUT2D eigenvalue weighted by atomic mass is 10.1. The van der Waals surface area contributed by atoms with Crippen molar-refractivity contribution < 1.29 is 14.5 Å². The monoisotopic (exact) mass is 450 g/mol. The summed E-state index contributed by atoms with van der Waals surface area (Å²) >= 11 is 0. The van der Waals surface area contributed by atoms with Gasteiger partial charge in [0.1, 0.15) is 18.3 Å². The summed E-state index contributed by atoms with van der Waals surface area (Å²) in [6.07, 6.45) is 4.48. The van der Waals surface area contributed by atoms with E-state index in [4.69, 9.17) is 4.74 Å². The van der Waals surface area contributed by atoms with Gasteiger partial charge in [0.05, 0.1) is 11.0 Å². The number of amides is 1. The lowest BCUT2D eigenvalue weighted by molar-refractivity contribution is -0.384. The Morgan fingerprint density at radius 3 is 2.64 bits per heavy atom. The Morgan fingerprint density at radius 1 is 1.24 bits per heavy atom. The third kappa shape index (κ3) is 5.17. The van der Waals surface area contributed by atoms with Gasteiger partial charge in [-0.3, -0.25) is 14.9 Å². The number of carbonyl (C=O) groups excluding carboxylic acids is 1. The molecule has 1 aliphatic rings. The molecule has 10 heteroatoms. The first-order valence-electron chi connectivity index (χ1n) is 10.7. The molecule has 0 saturated carbocycles. The molecule has 1 amide bonds. The van der Waals surface area contributed by atoms with E-state index in [0.717, 1.165) is 24.1 Å². The van der Waals surface area contributed by atoms with E-state index < -0.39 is 4.92 Å². The first-order valence-corrected chi connectivity index (χ1v) is 10.7. The summed E-state index contributed by atoms with van der Waals surface area (Å²) in [4.78, 5) is 32.2. The summed E-state index contributed by atoms with van der Waals surface area (Å²) < 4.78 is 7.07. The molecule has 0 aliphatic carbocycles. The summed E-state index contributed by atoms with van der Waals surface area (Å²) in [5, 5.41) is 15.7. The number of benzene rings is 2. The van der Waals surface area contributed by atoms with E-state index in [1.54, 1.807) is 11.0 Å². The molecular weight excluding hydrogens is 424 g/mol. The second-order valence-corrected chi connectivity index (χ2v) is 8.18. The van der Waals surface area contributed by atoms with Gasteiger partial charge >= 0.3 is 0 Å². The molecule has 0 N–H and O–H groups in total. The minimum absolute atomic E-state index is 0.0422. The normalized spacial score (nSPS) is 15.4. The zero-order valence-corrected chi connectivity index (χ0v) is 18.6. The maximum atomic E-state index is 13.5. The first-order chi connectivity index (χ1) is 15.9. The number of hydrogen-bond donors (Lipinski definition) is 0. The standard InChI is InChI=1S/C23H26N6O4/c1-26(2)19-8-5-17(6-9-19)13-27(14-20-4-3-11-33-20)23(30)18-7-10-21(22(12-18)29(31)32)28-16-24-15-25-28/h5-10,12,15-16,20H,3-4,11,13-14H2,1-2H3/t20-/m0/s1. The number of nitro benzene ring substituents is 1. The van der Waals surface area contributed by atoms with Crippen LogP contribution in [0.2, 0.25) is 0 Å². The maximum absolute atomic E-state index is 13.5. The van der Waals surface area contributed by atoms with Gasteiger partial charge in [0.2, 0.25) is 0 Å². The van der Waals surface area contributed by atoms with E-state index in [2.05, 4.69) is 10.1 Å². The second kappa shape index (κ2) is 9.78. The molecule has 0 unspecified atom stereocenters. The molecule has 172 valence electrons. The van der Waals surface area contributed by atoms with E-state index in [0.29, 0.717) is 19.7 Å². The van der Waals surface area contributed by atoms with Crippen LogP contribution in [0.1, 0.15) is 28.8 Å². The molecule has 33 heavy (non-hydrogen) atoms. The van der Waals surface area contributed by atoms with Crippen LogP contribution in [0.5, 0.6) is 0 Å². The van der Waals surface area contributed by atoms with Gasteiger partial charge in [0, 0.05) is 51.1 Å². The summed E-state index contributed by atoms with van der Waals surface area (Å²) in [6.45, 7) is 1.49. The molecule has 1 atom stereocenters. The Bertz CT molecular complexity index is 1110. The predicted octanol–water partition coefficient (Wildman–Crippen LogP) is 3.06. The Hall–Kier alpha value is -3.79. The molecule has 1 fully saturated rings. The number of nitrogens with zero attached hydrogens (tertiary/aromatic N) is 6. The first kappa shape index (κ1) is 22.4. The van der Waals surface area contributed by atoms with Gasteiger partial charge in [-0.25, -0.2) is 9.67 Å². The van der Waals surface area contributed by atoms with Crippen molar-refractivity contribution in [2.24, 2.45) is 0 Å². The van der Waals surface area contributed by atoms with Gasteiger partial charge in [-0.15, -0.1) is 0 Å². The number of ether oxygens (including phenoxy) is 1. The third-order valence-electron chi connectivity index (χ3n) is 5.65. The zero-order chi connectivity index (χ0) is 23.4. The highest BCUT2D eigenvalue weighted by molar-refractivity contribution is 5.95. The van der Waals surface area contributed by atoms with Crippen LogP contribution in [0.15, 0.2) is 55.1 Å². The van der Waals surface area contributed by atoms with Crippen molar-refractivity contribution in [3.8, 4) is 5.69 Å². The van der Waals surface area contributed by atoms with Crippen LogP contribution in [-0.4, -0.2) is 63.8 Å². The van der Waals surface area contributed by atoms with Gasteiger partial charge in [-0.05, 0) is 42.7 Å². The summed E-state index contributed by atoms with van der Waals surface area (Å²) in [5.74, 6) is -0.282. The molecule has 1 aliphatic heterocycles. The minimum Gasteiger partial charge on any atom is -0.378 e. The van der Waals surface area contributed by atoms with E-state index in [-0.39, 0.29) is 28.9 Å². The van der Waals surface area contributed by atoms with Crippen LogP contribution >= 0.6 is 0 Å². The van der Waals surface area contributed by atoms with Crippen LogP contribution < -0.4 is 4.90 Å². The number of nitro groups is 1. The van der Waals surface area contributed by atoms with Crippen LogP contribution in [0.4, 0.5) is 11.4 Å². The highest BCUT2D eigenvalue weighted by atomic mass is 16.6. The summed E-state index contributed by atoms with van der Waals surface area (Å²) in [5.41, 5.74) is 2.32. The number of rotatable bonds is 8. The molecule has 10 nitrogen and oxygen atoms in total. The average Bonchev–Trinajstić information content (AvgIpc) is 3.52. The summed E-state index contributed by atoms with van der Waals surface area (Å²) in [7, 11) is 3.94. The molecule has 1 aromatic heterocycles. The van der Waals surface area contributed by atoms with Gasteiger partial charge < -0.3 is 14.5 Å². The fourth-order valence-corrected chi connectivity index (χ4v) is 3.88. The van der Waals surface area contributed by atoms with E-state index in [9.17, 15) is 14.9 Å². The largest absolute Gasteiger partial charge is 0.378 e. The number of carbonyl (C=O) groups is 1. The molecule has 0 spiro atoms. The molecule has 0 bridgehead atoms. The lowest BCUT2D eigenvalue weighted by Crippen LogP contribution is -2.37.